The van der Waals surface area contributed by atoms with Crippen LogP contribution in [0.1, 0.15) is 26.7 Å². The van der Waals surface area contributed by atoms with Gasteiger partial charge < -0.3 is 4.57 Å². The molecule has 96 valence electrons. The van der Waals surface area contributed by atoms with Gasteiger partial charge in [-0.25, -0.2) is 0 Å². The van der Waals surface area contributed by atoms with Crippen molar-refractivity contribution < 1.29 is 4.92 Å². The Morgan fingerprint density at radius 1 is 1.28 bits per heavy atom. The molecule has 1 aromatic carbocycles. The molecule has 2 aromatic rings. The van der Waals surface area contributed by atoms with Crippen LogP contribution in [-0.4, -0.2) is 9.49 Å². The van der Waals surface area contributed by atoms with E-state index in [1.54, 1.807) is 12.1 Å². The zero-order valence-electron chi connectivity index (χ0n) is 10.8. The van der Waals surface area contributed by atoms with Gasteiger partial charge in [0.05, 0.1) is 4.92 Å². The molecule has 2 rings (SSSR count). The zero-order chi connectivity index (χ0) is 13.1. The molecule has 0 aliphatic rings. The predicted octanol–water partition coefficient (Wildman–Crippen LogP) is 3.99. The number of nitro groups is 1. The van der Waals surface area contributed by atoms with Crippen LogP contribution in [0.3, 0.4) is 0 Å². The molecule has 0 radical (unpaired) electrons. The maximum Gasteiger partial charge on any atom is 0.270 e. The number of benzene rings is 1. The van der Waals surface area contributed by atoms with Crippen LogP contribution >= 0.6 is 0 Å². The van der Waals surface area contributed by atoms with Gasteiger partial charge in [0.1, 0.15) is 0 Å². The fourth-order valence-electron chi connectivity index (χ4n) is 2.29. The van der Waals surface area contributed by atoms with Gasteiger partial charge in [0, 0.05) is 35.8 Å². The Hall–Kier alpha value is -1.84. The summed E-state index contributed by atoms with van der Waals surface area (Å²) < 4.78 is 2.19. The molecule has 1 heterocycles. The quantitative estimate of drug-likeness (QED) is 0.591. The number of fused-ring (bicyclic) bond motifs is 1. The smallest absolute Gasteiger partial charge is 0.270 e. The second kappa shape index (κ2) is 5.21. The van der Waals surface area contributed by atoms with Crippen molar-refractivity contribution in [2.24, 2.45) is 5.92 Å². The van der Waals surface area contributed by atoms with E-state index in [1.807, 2.05) is 18.3 Å². The van der Waals surface area contributed by atoms with Crippen molar-refractivity contribution >= 4 is 16.6 Å². The summed E-state index contributed by atoms with van der Waals surface area (Å²) in [5.41, 5.74) is 1.23. The standard InChI is InChI=1S/C14H18N2O2/c1-3-11(4-2)10-15-8-7-12-9-13(16(17)18)5-6-14(12)15/h5-9,11H,3-4,10H2,1-2H3. The van der Waals surface area contributed by atoms with Gasteiger partial charge >= 0.3 is 0 Å². The maximum atomic E-state index is 10.7. The van der Waals surface area contributed by atoms with E-state index in [0.29, 0.717) is 5.92 Å². The molecule has 4 nitrogen and oxygen atoms in total. The molecule has 0 bridgehead atoms. The fourth-order valence-corrected chi connectivity index (χ4v) is 2.29. The SMILES string of the molecule is CCC(CC)Cn1ccc2cc([N+](=O)[O-])ccc21. The van der Waals surface area contributed by atoms with Crippen LogP contribution in [0.25, 0.3) is 10.9 Å². The number of nitro benzene ring substituents is 1. The second-order valence-electron chi connectivity index (χ2n) is 4.65. The largest absolute Gasteiger partial charge is 0.347 e. The van der Waals surface area contributed by atoms with Gasteiger partial charge in [-0.1, -0.05) is 26.7 Å². The normalized spacial score (nSPS) is 11.3. The summed E-state index contributed by atoms with van der Waals surface area (Å²) in [6.07, 6.45) is 4.33. The molecule has 0 spiro atoms. The summed E-state index contributed by atoms with van der Waals surface area (Å²) in [6, 6.07) is 7.00. The second-order valence-corrected chi connectivity index (χ2v) is 4.65. The molecular weight excluding hydrogens is 228 g/mol. The molecule has 0 amide bonds. The van der Waals surface area contributed by atoms with Crippen molar-refractivity contribution in [1.29, 1.82) is 0 Å². The minimum absolute atomic E-state index is 0.155. The highest BCUT2D eigenvalue weighted by Crippen LogP contribution is 2.23. The predicted molar refractivity (Wildman–Crippen MR) is 72.7 cm³/mol. The van der Waals surface area contributed by atoms with Crippen molar-refractivity contribution in [2.45, 2.75) is 33.2 Å². The molecule has 0 aliphatic carbocycles. The Labute approximate surface area is 106 Å². The highest BCUT2D eigenvalue weighted by Gasteiger charge is 2.10. The number of non-ortho nitro benzene ring substituents is 1. The van der Waals surface area contributed by atoms with Gasteiger partial charge in [-0.05, 0) is 18.1 Å². The minimum Gasteiger partial charge on any atom is -0.347 e. The number of aromatic nitrogens is 1. The first-order chi connectivity index (χ1) is 8.65. The first kappa shape index (κ1) is 12.6. The van der Waals surface area contributed by atoms with Crippen LogP contribution in [0.15, 0.2) is 30.5 Å². The Bertz CT molecular complexity index is 556. The summed E-state index contributed by atoms with van der Waals surface area (Å²) in [5, 5.41) is 11.7. The molecule has 0 unspecified atom stereocenters. The third kappa shape index (κ3) is 2.37. The molecular formula is C14H18N2O2. The molecule has 0 saturated carbocycles. The summed E-state index contributed by atoms with van der Waals surface area (Å²) in [6.45, 7) is 5.38. The molecule has 18 heavy (non-hydrogen) atoms. The van der Waals surface area contributed by atoms with E-state index in [9.17, 15) is 10.1 Å². The molecule has 4 heteroatoms. The lowest BCUT2D eigenvalue weighted by Crippen LogP contribution is -2.07. The van der Waals surface area contributed by atoms with E-state index in [1.165, 1.54) is 0 Å². The number of hydrogen-bond donors (Lipinski definition) is 0. The summed E-state index contributed by atoms with van der Waals surface area (Å²) in [5.74, 6) is 0.663. The van der Waals surface area contributed by atoms with Crippen LogP contribution in [0, 0.1) is 16.0 Å². The third-order valence-corrected chi connectivity index (χ3v) is 3.57. The monoisotopic (exact) mass is 246 g/mol. The Kier molecular flexibility index (Phi) is 3.65. The zero-order valence-corrected chi connectivity index (χ0v) is 10.8. The van der Waals surface area contributed by atoms with Gasteiger partial charge in [0.15, 0.2) is 0 Å². The van der Waals surface area contributed by atoms with E-state index in [2.05, 4.69) is 18.4 Å². The van der Waals surface area contributed by atoms with Crippen molar-refractivity contribution in [3.05, 3.63) is 40.6 Å². The van der Waals surface area contributed by atoms with E-state index in [0.717, 1.165) is 30.3 Å². The van der Waals surface area contributed by atoms with E-state index < -0.39 is 0 Å². The summed E-state index contributed by atoms with van der Waals surface area (Å²) in [4.78, 5) is 10.4. The van der Waals surface area contributed by atoms with E-state index in [4.69, 9.17) is 0 Å². The first-order valence-corrected chi connectivity index (χ1v) is 6.39. The van der Waals surface area contributed by atoms with E-state index in [-0.39, 0.29) is 10.6 Å². The lowest BCUT2D eigenvalue weighted by atomic mass is 10.0. The topological polar surface area (TPSA) is 48.1 Å². The minimum atomic E-state index is -0.350. The molecule has 0 N–H and O–H groups in total. The average molecular weight is 246 g/mol. The van der Waals surface area contributed by atoms with Gasteiger partial charge in [-0.3, -0.25) is 10.1 Å². The van der Waals surface area contributed by atoms with Crippen LogP contribution in [0.4, 0.5) is 5.69 Å². The third-order valence-electron chi connectivity index (χ3n) is 3.57. The van der Waals surface area contributed by atoms with Crippen LogP contribution in [0.5, 0.6) is 0 Å². The van der Waals surface area contributed by atoms with Crippen molar-refractivity contribution in [3.8, 4) is 0 Å². The average Bonchev–Trinajstić information content (AvgIpc) is 2.78. The molecule has 0 aliphatic heterocycles. The maximum absolute atomic E-state index is 10.7. The van der Waals surface area contributed by atoms with Crippen molar-refractivity contribution in [1.82, 2.24) is 4.57 Å². The van der Waals surface area contributed by atoms with Gasteiger partial charge in [0.25, 0.3) is 5.69 Å². The van der Waals surface area contributed by atoms with Crippen molar-refractivity contribution in [2.75, 3.05) is 0 Å². The van der Waals surface area contributed by atoms with Gasteiger partial charge in [-0.2, -0.15) is 0 Å². The summed E-state index contributed by atoms with van der Waals surface area (Å²) >= 11 is 0. The number of hydrogen-bond acceptors (Lipinski definition) is 2. The van der Waals surface area contributed by atoms with Crippen LogP contribution in [0.2, 0.25) is 0 Å². The lowest BCUT2D eigenvalue weighted by Gasteiger charge is -2.14. The van der Waals surface area contributed by atoms with Gasteiger partial charge in [-0.15, -0.1) is 0 Å². The van der Waals surface area contributed by atoms with Crippen LogP contribution in [-0.2, 0) is 6.54 Å². The highest BCUT2D eigenvalue weighted by atomic mass is 16.6. The molecule has 0 saturated heterocycles. The number of nitrogens with zero attached hydrogens (tertiary/aromatic N) is 2. The first-order valence-electron chi connectivity index (χ1n) is 6.39. The molecule has 0 fully saturated rings. The highest BCUT2D eigenvalue weighted by molar-refractivity contribution is 5.82. The molecule has 1 aromatic heterocycles. The Balaban J connectivity index is 2.34. The van der Waals surface area contributed by atoms with Crippen molar-refractivity contribution in [3.63, 3.8) is 0 Å². The fraction of sp³-hybridized carbons (Fsp3) is 0.429. The summed E-state index contributed by atoms with van der Waals surface area (Å²) in [7, 11) is 0. The van der Waals surface area contributed by atoms with E-state index >= 15 is 0 Å². The van der Waals surface area contributed by atoms with Gasteiger partial charge in [0.2, 0.25) is 0 Å². The molecule has 0 atom stereocenters. The Morgan fingerprint density at radius 3 is 2.61 bits per heavy atom. The lowest BCUT2D eigenvalue weighted by molar-refractivity contribution is -0.384. The van der Waals surface area contributed by atoms with Crippen LogP contribution < -0.4 is 0 Å². The Morgan fingerprint density at radius 2 is 2.00 bits per heavy atom. The number of rotatable bonds is 5.